The maximum atomic E-state index is 9.70. The quantitative estimate of drug-likeness (QED) is 0.121. The van der Waals surface area contributed by atoms with Gasteiger partial charge in [0.25, 0.3) is 0 Å². The standard InChI is InChI=1S/C34H70O2/c1-28(2)14-8-16-30(5)18-10-20-32(7)34(25-27-36)24-12-22-33(23-13-26-35)21-11-19-31(6)17-9-15-29(3)4/h28-36H,8-27H2,1-7H3. The predicted octanol–water partition coefficient (Wildman–Crippen LogP) is 10.4. The Morgan fingerprint density at radius 1 is 0.389 bits per heavy atom. The highest BCUT2D eigenvalue weighted by Gasteiger charge is 2.18. The largest absolute Gasteiger partial charge is 0.396 e. The summed E-state index contributed by atoms with van der Waals surface area (Å²) < 4.78 is 0. The molecule has 0 heterocycles. The van der Waals surface area contributed by atoms with E-state index in [1.54, 1.807) is 0 Å². The Morgan fingerprint density at radius 2 is 0.806 bits per heavy atom. The van der Waals surface area contributed by atoms with Crippen molar-refractivity contribution < 1.29 is 10.2 Å². The molecule has 218 valence electrons. The fourth-order valence-electron chi connectivity index (χ4n) is 6.18. The van der Waals surface area contributed by atoms with Crippen LogP contribution in [0.5, 0.6) is 0 Å². The Bertz CT molecular complexity index is 446. The lowest BCUT2D eigenvalue weighted by molar-refractivity contribution is 0.200. The molecule has 0 saturated carbocycles. The van der Waals surface area contributed by atoms with Gasteiger partial charge in [0, 0.05) is 13.2 Å². The van der Waals surface area contributed by atoms with E-state index < -0.39 is 0 Å². The van der Waals surface area contributed by atoms with E-state index >= 15 is 0 Å². The Hall–Kier alpha value is -0.0800. The molecule has 0 aliphatic rings. The molecule has 0 rings (SSSR count). The van der Waals surface area contributed by atoms with Crippen LogP contribution in [0.3, 0.4) is 0 Å². The molecule has 0 radical (unpaired) electrons. The van der Waals surface area contributed by atoms with Gasteiger partial charge in [-0.3, -0.25) is 0 Å². The van der Waals surface area contributed by atoms with Crippen molar-refractivity contribution in [1.82, 2.24) is 0 Å². The summed E-state index contributed by atoms with van der Waals surface area (Å²) in [6.07, 6.45) is 23.4. The minimum Gasteiger partial charge on any atom is -0.396 e. The monoisotopic (exact) mass is 511 g/mol. The summed E-state index contributed by atoms with van der Waals surface area (Å²) in [6, 6.07) is 0. The van der Waals surface area contributed by atoms with Gasteiger partial charge in [0.1, 0.15) is 0 Å². The van der Waals surface area contributed by atoms with E-state index in [9.17, 15) is 10.2 Å². The molecule has 5 atom stereocenters. The van der Waals surface area contributed by atoms with Crippen LogP contribution in [0.1, 0.15) is 164 Å². The molecule has 0 spiro atoms. The molecule has 2 heteroatoms. The van der Waals surface area contributed by atoms with Crippen molar-refractivity contribution in [3.63, 3.8) is 0 Å². The normalized spacial score (nSPS) is 16.4. The fourth-order valence-corrected chi connectivity index (χ4v) is 6.18. The Morgan fingerprint density at radius 3 is 1.25 bits per heavy atom. The highest BCUT2D eigenvalue weighted by Crippen LogP contribution is 2.30. The van der Waals surface area contributed by atoms with E-state index in [1.165, 1.54) is 103 Å². The minimum atomic E-state index is 0.335. The topological polar surface area (TPSA) is 40.5 Å². The van der Waals surface area contributed by atoms with Gasteiger partial charge in [0.2, 0.25) is 0 Å². The number of aliphatic hydroxyl groups excluding tert-OH is 2. The maximum absolute atomic E-state index is 9.70. The van der Waals surface area contributed by atoms with Crippen LogP contribution in [0, 0.1) is 41.4 Å². The lowest BCUT2D eigenvalue weighted by Crippen LogP contribution is -2.15. The second-order valence-electron chi connectivity index (χ2n) is 13.6. The smallest absolute Gasteiger partial charge is 0.0433 e. The van der Waals surface area contributed by atoms with Gasteiger partial charge in [0.15, 0.2) is 0 Å². The zero-order chi connectivity index (χ0) is 27.2. The summed E-state index contributed by atoms with van der Waals surface area (Å²) in [5.74, 6) is 5.56. The van der Waals surface area contributed by atoms with E-state index in [2.05, 4.69) is 48.5 Å². The summed E-state index contributed by atoms with van der Waals surface area (Å²) in [5.41, 5.74) is 0. The van der Waals surface area contributed by atoms with Crippen LogP contribution in [-0.4, -0.2) is 23.4 Å². The molecular formula is C34H70O2. The second kappa shape index (κ2) is 24.0. The van der Waals surface area contributed by atoms with Gasteiger partial charge in [-0.15, -0.1) is 0 Å². The predicted molar refractivity (Wildman–Crippen MR) is 161 cm³/mol. The van der Waals surface area contributed by atoms with E-state index in [1.807, 2.05) is 0 Å². The van der Waals surface area contributed by atoms with Crippen molar-refractivity contribution >= 4 is 0 Å². The van der Waals surface area contributed by atoms with Crippen LogP contribution in [-0.2, 0) is 0 Å². The molecule has 0 aromatic rings. The second-order valence-corrected chi connectivity index (χ2v) is 13.6. The van der Waals surface area contributed by atoms with Crippen molar-refractivity contribution in [2.75, 3.05) is 13.2 Å². The van der Waals surface area contributed by atoms with Gasteiger partial charge in [-0.1, -0.05) is 145 Å². The minimum absolute atomic E-state index is 0.335. The Balaban J connectivity index is 4.33. The summed E-state index contributed by atoms with van der Waals surface area (Å²) >= 11 is 0. The van der Waals surface area contributed by atoms with Gasteiger partial charge < -0.3 is 10.2 Å². The van der Waals surface area contributed by atoms with Crippen LogP contribution in [0.4, 0.5) is 0 Å². The molecule has 36 heavy (non-hydrogen) atoms. The lowest BCUT2D eigenvalue weighted by Gasteiger charge is -2.25. The highest BCUT2D eigenvalue weighted by atomic mass is 16.3. The Labute approximate surface area is 228 Å². The molecule has 0 bridgehead atoms. The number of hydrogen-bond donors (Lipinski definition) is 2. The highest BCUT2D eigenvalue weighted by molar-refractivity contribution is 4.70. The van der Waals surface area contributed by atoms with Crippen molar-refractivity contribution in [1.29, 1.82) is 0 Å². The molecule has 5 unspecified atom stereocenters. The summed E-state index contributed by atoms with van der Waals surface area (Å²) in [6.45, 7) is 17.3. The van der Waals surface area contributed by atoms with E-state index in [4.69, 9.17) is 0 Å². The zero-order valence-electron chi connectivity index (χ0n) is 26.1. The van der Waals surface area contributed by atoms with Gasteiger partial charge in [-0.2, -0.15) is 0 Å². The number of aliphatic hydroxyl groups is 2. The fraction of sp³-hybridized carbons (Fsp3) is 1.00. The SMILES string of the molecule is CC(C)CCCC(C)CCCC(CCCO)CCCC(CCO)C(C)CCCC(C)CCCC(C)C. The van der Waals surface area contributed by atoms with Crippen LogP contribution < -0.4 is 0 Å². The van der Waals surface area contributed by atoms with Crippen molar-refractivity contribution in [2.24, 2.45) is 41.4 Å². The number of rotatable bonds is 26. The van der Waals surface area contributed by atoms with Crippen molar-refractivity contribution in [3.8, 4) is 0 Å². The first-order valence-corrected chi connectivity index (χ1v) is 16.4. The molecule has 0 aromatic carbocycles. The molecule has 0 fully saturated rings. The first-order valence-electron chi connectivity index (χ1n) is 16.4. The maximum Gasteiger partial charge on any atom is 0.0433 e. The van der Waals surface area contributed by atoms with Crippen LogP contribution >= 0.6 is 0 Å². The third-order valence-electron chi connectivity index (χ3n) is 8.88. The molecule has 2 nitrogen and oxygen atoms in total. The van der Waals surface area contributed by atoms with Crippen LogP contribution in [0.25, 0.3) is 0 Å². The van der Waals surface area contributed by atoms with Gasteiger partial charge in [0.05, 0.1) is 0 Å². The Kier molecular flexibility index (Phi) is 23.9. The summed E-state index contributed by atoms with van der Waals surface area (Å²) in [4.78, 5) is 0. The average molecular weight is 511 g/mol. The molecule has 0 amide bonds. The number of hydrogen-bond acceptors (Lipinski definition) is 2. The first kappa shape index (κ1) is 35.9. The summed E-state index contributed by atoms with van der Waals surface area (Å²) in [5, 5.41) is 19.1. The van der Waals surface area contributed by atoms with E-state index in [0.29, 0.717) is 19.1 Å². The van der Waals surface area contributed by atoms with Gasteiger partial charge in [-0.05, 0) is 60.7 Å². The first-order chi connectivity index (χ1) is 17.2. The van der Waals surface area contributed by atoms with E-state index in [0.717, 1.165) is 48.3 Å². The molecule has 0 aliphatic heterocycles. The average Bonchev–Trinajstić information content (AvgIpc) is 2.81. The van der Waals surface area contributed by atoms with Crippen LogP contribution in [0.15, 0.2) is 0 Å². The van der Waals surface area contributed by atoms with Gasteiger partial charge >= 0.3 is 0 Å². The molecule has 0 aliphatic carbocycles. The summed E-state index contributed by atoms with van der Waals surface area (Å²) in [7, 11) is 0. The molecule has 0 aromatic heterocycles. The lowest BCUT2D eigenvalue weighted by atomic mass is 9.81. The molecule has 2 N–H and O–H groups in total. The zero-order valence-corrected chi connectivity index (χ0v) is 26.1. The van der Waals surface area contributed by atoms with E-state index in [-0.39, 0.29) is 0 Å². The van der Waals surface area contributed by atoms with Gasteiger partial charge in [-0.25, -0.2) is 0 Å². The third-order valence-corrected chi connectivity index (χ3v) is 8.88. The molecular weight excluding hydrogens is 440 g/mol. The van der Waals surface area contributed by atoms with Crippen molar-refractivity contribution in [3.05, 3.63) is 0 Å². The van der Waals surface area contributed by atoms with Crippen LogP contribution in [0.2, 0.25) is 0 Å². The molecule has 0 saturated heterocycles. The van der Waals surface area contributed by atoms with Crippen molar-refractivity contribution in [2.45, 2.75) is 164 Å². The third kappa shape index (κ3) is 22.0.